The van der Waals surface area contributed by atoms with Crippen LogP contribution in [0.2, 0.25) is 0 Å². The molecule has 0 aliphatic heterocycles. The van der Waals surface area contributed by atoms with Gasteiger partial charge in [-0.25, -0.2) is 0 Å². The fraction of sp³-hybridized carbons (Fsp3) is 0.381. The predicted molar refractivity (Wildman–Crippen MR) is 102 cm³/mol. The van der Waals surface area contributed by atoms with Gasteiger partial charge in [0.15, 0.2) is 17.6 Å². The molecule has 1 amide bonds. The zero-order valence-electron chi connectivity index (χ0n) is 16.1. The van der Waals surface area contributed by atoms with Crippen molar-refractivity contribution in [3.63, 3.8) is 0 Å². The minimum atomic E-state index is -0.513. The van der Waals surface area contributed by atoms with E-state index in [1.165, 1.54) is 0 Å². The first-order valence-electron chi connectivity index (χ1n) is 8.68. The Balaban J connectivity index is 2.08. The molecule has 0 bridgehead atoms. The van der Waals surface area contributed by atoms with Crippen molar-refractivity contribution in [2.45, 2.75) is 32.9 Å². The molecule has 0 saturated carbocycles. The predicted octanol–water partition coefficient (Wildman–Crippen LogP) is 3.83. The molecule has 2 aromatic carbocycles. The molecule has 0 spiro atoms. The molecule has 0 heterocycles. The normalized spacial score (nSPS) is 11.6. The van der Waals surface area contributed by atoms with E-state index in [4.69, 9.17) is 14.2 Å². The molecular formula is C21H27NO4. The first kappa shape index (κ1) is 19.6. The van der Waals surface area contributed by atoms with Gasteiger partial charge in [-0.3, -0.25) is 4.79 Å². The Labute approximate surface area is 155 Å². The van der Waals surface area contributed by atoms with E-state index in [2.05, 4.69) is 0 Å². The van der Waals surface area contributed by atoms with Crippen LogP contribution in [0.5, 0.6) is 17.2 Å². The molecule has 0 aliphatic carbocycles. The summed E-state index contributed by atoms with van der Waals surface area (Å²) < 4.78 is 16.5. The summed E-state index contributed by atoms with van der Waals surface area (Å²) in [6.07, 6.45) is 0.0879. The maximum Gasteiger partial charge on any atom is 0.263 e. The topological polar surface area (TPSA) is 48.0 Å². The van der Waals surface area contributed by atoms with E-state index in [9.17, 15) is 4.79 Å². The maximum atomic E-state index is 12.8. The molecule has 0 aliphatic rings. The molecule has 0 N–H and O–H groups in total. The van der Waals surface area contributed by atoms with E-state index in [-0.39, 0.29) is 5.91 Å². The van der Waals surface area contributed by atoms with E-state index >= 15 is 0 Å². The van der Waals surface area contributed by atoms with E-state index in [1.807, 2.05) is 56.3 Å². The molecule has 0 saturated heterocycles. The van der Waals surface area contributed by atoms with Crippen LogP contribution in [0.4, 0.5) is 0 Å². The lowest BCUT2D eigenvalue weighted by atomic mass is 10.1. The van der Waals surface area contributed by atoms with Crippen molar-refractivity contribution < 1.29 is 19.0 Å². The summed E-state index contributed by atoms with van der Waals surface area (Å²) in [4.78, 5) is 14.5. The number of rotatable bonds is 8. The Kier molecular flexibility index (Phi) is 6.89. The molecule has 2 aromatic rings. The standard InChI is InChI=1S/C21H27NO4/c1-6-17(26-18-10-8-7-9-15(18)2)21(23)22(3)14-16-11-12-19(24-4)20(13-16)25-5/h7-13,17H,6,14H2,1-5H3. The van der Waals surface area contributed by atoms with Gasteiger partial charge in [0.2, 0.25) is 0 Å². The number of carbonyl (C=O) groups is 1. The van der Waals surface area contributed by atoms with Crippen molar-refractivity contribution in [2.75, 3.05) is 21.3 Å². The smallest absolute Gasteiger partial charge is 0.263 e. The highest BCUT2D eigenvalue weighted by Gasteiger charge is 2.23. The van der Waals surface area contributed by atoms with Crippen LogP contribution in [0.1, 0.15) is 24.5 Å². The molecule has 5 heteroatoms. The van der Waals surface area contributed by atoms with Crippen molar-refractivity contribution in [1.29, 1.82) is 0 Å². The molecule has 0 fully saturated rings. The Bertz CT molecular complexity index is 745. The molecule has 0 aromatic heterocycles. The number of aryl methyl sites for hydroxylation is 1. The van der Waals surface area contributed by atoms with Gasteiger partial charge in [0.1, 0.15) is 5.75 Å². The number of nitrogens with zero attached hydrogens (tertiary/aromatic N) is 1. The summed E-state index contributed by atoms with van der Waals surface area (Å²) >= 11 is 0. The summed E-state index contributed by atoms with van der Waals surface area (Å²) in [5, 5.41) is 0. The van der Waals surface area contributed by atoms with Gasteiger partial charge in [0.25, 0.3) is 5.91 Å². The molecular weight excluding hydrogens is 330 g/mol. The average molecular weight is 357 g/mol. The minimum Gasteiger partial charge on any atom is -0.493 e. The zero-order valence-corrected chi connectivity index (χ0v) is 16.1. The Morgan fingerprint density at radius 2 is 1.73 bits per heavy atom. The van der Waals surface area contributed by atoms with E-state index in [0.717, 1.165) is 16.9 Å². The minimum absolute atomic E-state index is 0.0504. The van der Waals surface area contributed by atoms with Crippen LogP contribution in [-0.2, 0) is 11.3 Å². The largest absolute Gasteiger partial charge is 0.493 e. The molecule has 140 valence electrons. The van der Waals surface area contributed by atoms with Gasteiger partial charge in [0.05, 0.1) is 14.2 Å². The number of hydrogen-bond acceptors (Lipinski definition) is 4. The third-order valence-corrected chi connectivity index (χ3v) is 4.25. The second kappa shape index (κ2) is 9.13. The number of methoxy groups -OCH3 is 2. The lowest BCUT2D eigenvalue weighted by Gasteiger charge is -2.24. The van der Waals surface area contributed by atoms with Gasteiger partial charge in [-0.1, -0.05) is 31.2 Å². The van der Waals surface area contributed by atoms with Crippen LogP contribution < -0.4 is 14.2 Å². The number of hydrogen-bond donors (Lipinski definition) is 0. The Hall–Kier alpha value is -2.69. The quantitative estimate of drug-likeness (QED) is 0.720. The van der Waals surface area contributed by atoms with Crippen molar-refractivity contribution >= 4 is 5.91 Å². The fourth-order valence-electron chi connectivity index (χ4n) is 2.73. The molecule has 2 rings (SSSR count). The summed E-state index contributed by atoms with van der Waals surface area (Å²) in [5.41, 5.74) is 1.98. The van der Waals surface area contributed by atoms with Crippen molar-refractivity contribution in [2.24, 2.45) is 0 Å². The SMILES string of the molecule is CCC(Oc1ccccc1C)C(=O)N(C)Cc1ccc(OC)c(OC)c1. The number of para-hydroxylation sites is 1. The van der Waals surface area contributed by atoms with Crippen molar-refractivity contribution in [3.05, 3.63) is 53.6 Å². The third kappa shape index (κ3) is 4.69. The van der Waals surface area contributed by atoms with Crippen LogP contribution in [0, 0.1) is 6.92 Å². The maximum absolute atomic E-state index is 12.8. The van der Waals surface area contributed by atoms with Crippen LogP contribution in [-0.4, -0.2) is 38.2 Å². The van der Waals surface area contributed by atoms with Crippen molar-refractivity contribution in [3.8, 4) is 17.2 Å². The Morgan fingerprint density at radius 1 is 1.04 bits per heavy atom. The van der Waals surface area contributed by atoms with Gasteiger partial charge in [-0.15, -0.1) is 0 Å². The summed E-state index contributed by atoms with van der Waals surface area (Å²) in [7, 11) is 4.98. The lowest BCUT2D eigenvalue weighted by molar-refractivity contribution is -0.138. The summed E-state index contributed by atoms with van der Waals surface area (Å²) in [6, 6.07) is 13.4. The van der Waals surface area contributed by atoms with E-state index in [1.54, 1.807) is 26.2 Å². The second-order valence-electron chi connectivity index (χ2n) is 6.16. The van der Waals surface area contributed by atoms with Gasteiger partial charge < -0.3 is 19.1 Å². The fourth-order valence-corrected chi connectivity index (χ4v) is 2.73. The van der Waals surface area contributed by atoms with Gasteiger partial charge >= 0.3 is 0 Å². The van der Waals surface area contributed by atoms with Gasteiger partial charge in [-0.05, 0) is 42.7 Å². The monoisotopic (exact) mass is 357 g/mol. The van der Waals surface area contributed by atoms with E-state index in [0.29, 0.717) is 24.5 Å². The first-order valence-corrected chi connectivity index (χ1v) is 8.68. The number of ether oxygens (including phenoxy) is 3. The lowest BCUT2D eigenvalue weighted by Crippen LogP contribution is -2.39. The van der Waals surface area contributed by atoms with Crippen LogP contribution >= 0.6 is 0 Å². The van der Waals surface area contributed by atoms with Crippen LogP contribution in [0.3, 0.4) is 0 Å². The summed E-state index contributed by atoms with van der Waals surface area (Å²) in [6.45, 7) is 4.39. The highest BCUT2D eigenvalue weighted by Crippen LogP contribution is 2.28. The van der Waals surface area contributed by atoms with E-state index < -0.39 is 6.10 Å². The number of likely N-dealkylation sites (N-methyl/N-ethyl adjacent to an activating group) is 1. The average Bonchev–Trinajstić information content (AvgIpc) is 2.66. The Morgan fingerprint density at radius 3 is 2.35 bits per heavy atom. The molecule has 0 radical (unpaired) electrons. The molecule has 1 unspecified atom stereocenters. The number of carbonyl (C=O) groups excluding carboxylic acids is 1. The van der Waals surface area contributed by atoms with Crippen LogP contribution in [0.15, 0.2) is 42.5 Å². The van der Waals surface area contributed by atoms with Crippen LogP contribution in [0.25, 0.3) is 0 Å². The number of amides is 1. The summed E-state index contributed by atoms with van der Waals surface area (Å²) in [5.74, 6) is 2.01. The molecule has 26 heavy (non-hydrogen) atoms. The molecule has 5 nitrogen and oxygen atoms in total. The highest BCUT2D eigenvalue weighted by atomic mass is 16.5. The highest BCUT2D eigenvalue weighted by molar-refractivity contribution is 5.81. The first-order chi connectivity index (χ1) is 12.5. The second-order valence-corrected chi connectivity index (χ2v) is 6.16. The number of benzene rings is 2. The van der Waals surface area contributed by atoms with Crippen molar-refractivity contribution in [1.82, 2.24) is 4.90 Å². The molecule has 1 atom stereocenters. The van der Waals surface area contributed by atoms with Gasteiger partial charge in [-0.2, -0.15) is 0 Å². The third-order valence-electron chi connectivity index (χ3n) is 4.25. The zero-order chi connectivity index (χ0) is 19.1. The van der Waals surface area contributed by atoms with Gasteiger partial charge in [0, 0.05) is 13.6 Å².